The lowest BCUT2D eigenvalue weighted by Gasteiger charge is -2.40. The summed E-state index contributed by atoms with van der Waals surface area (Å²) in [5.41, 5.74) is 7.15. The normalized spacial score (nSPS) is 29.1. The maximum atomic E-state index is 5.98. The molecule has 0 aliphatic carbocycles. The summed E-state index contributed by atoms with van der Waals surface area (Å²) in [4.78, 5) is 2.31. The van der Waals surface area contributed by atoms with Crippen molar-refractivity contribution in [2.45, 2.75) is 31.5 Å². The van der Waals surface area contributed by atoms with Gasteiger partial charge < -0.3 is 10.5 Å². The number of nitrogens with two attached hydrogens (primary N) is 1. The highest BCUT2D eigenvalue weighted by molar-refractivity contribution is 5.07. The van der Waals surface area contributed by atoms with Crippen LogP contribution in [-0.2, 0) is 18.3 Å². The van der Waals surface area contributed by atoms with Gasteiger partial charge >= 0.3 is 0 Å². The van der Waals surface area contributed by atoms with Gasteiger partial charge in [0.05, 0.1) is 17.8 Å². The molecule has 2 atom stereocenters. The number of aromatic nitrogens is 2. The molecule has 2 unspecified atom stereocenters. The summed E-state index contributed by atoms with van der Waals surface area (Å²) in [5, 5.41) is 4.19. The van der Waals surface area contributed by atoms with E-state index in [2.05, 4.69) is 24.0 Å². The van der Waals surface area contributed by atoms with Crippen LogP contribution in [0.25, 0.3) is 0 Å². The summed E-state index contributed by atoms with van der Waals surface area (Å²) in [6.45, 7) is 4.40. The molecule has 0 saturated carbocycles. The van der Waals surface area contributed by atoms with Crippen molar-refractivity contribution >= 4 is 0 Å². The van der Waals surface area contributed by atoms with Crippen LogP contribution in [0.3, 0.4) is 0 Å². The van der Waals surface area contributed by atoms with E-state index in [1.54, 1.807) is 0 Å². The second-order valence-electron chi connectivity index (χ2n) is 4.95. The molecule has 1 aromatic rings. The first-order chi connectivity index (χ1) is 8.08. The van der Waals surface area contributed by atoms with Crippen molar-refractivity contribution in [1.29, 1.82) is 0 Å². The Labute approximate surface area is 103 Å². The van der Waals surface area contributed by atoms with Gasteiger partial charge in [0.1, 0.15) is 0 Å². The number of ether oxygens (including phenoxy) is 1. The lowest BCUT2D eigenvalue weighted by atomic mass is 9.90. The van der Waals surface area contributed by atoms with Gasteiger partial charge in [0.15, 0.2) is 0 Å². The minimum absolute atomic E-state index is 0.0319. The quantitative estimate of drug-likeness (QED) is 0.823. The van der Waals surface area contributed by atoms with Gasteiger partial charge in [-0.2, -0.15) is 5.10 Å². The third-order valence-electron chi connectivity index (χ3n) is 3.95. The van der Waals surface area contributed by atoms with Crippen molar-refractivity contribution in [3.8, 4) is 0 Å². The Balaban J connectivity index is 2.10. The zero-order valence-electron chi connectivity index (χ0n) is 10.9. The predicted molar refractivity (Wildman–Crippen MR) is 66.5 cm³/mol. The van der Waals surface area contributed by atoms with E-state index in [4.69, 9.17) is 10.5 Å². The van der Waals surface area contributed by atoms with Crippen molar-refractivity contribution in [3.05, 3.63) is 18.0 Å². The Morgan fingerprint density at radius 3 is 2.94 bits per heavy atom. The number of hydrogen-bond acceptors (Lipinski definition) is 4. The summed E-state index contributed by atoms with van der Waals surface area (Å²) in [6.07, 6.45) is 5.14. The van der Waals surface area contributed by atoms with Gasteiger partial charge in [-0.25, -0.2) is 0 Å². The summed E-state index contributed by atoms with van der Waals surface area (Å²) in [7, 11) is 4.05. The highest BCUT2D eigenvalue weighted by Gasteiger charge is 2.43. The zero-order chi connectivity index (χ0) is 12.5. The lowest BCUT2D eigenvalue weighted by molar-refractivity contribution is 0.0245. The van der Waals surface area contributed by atoms with Crippen LogP contribution < -0.4 is 5.73 Å². The minimum Gasteiger partial charge on any atom is -0.376 e. The van der Waals surface area contributed by atoms with E-state index >= 15 is 0 Å². The number of aryl methyl sites for hydroxylation is 1. The van der Waals surface area contributed by atoms with Crippen molar-refractivity contribution < 1.29 is 4.74 Å². The number of likely N-dealkylation sites (N-methyl/N-ethyl adjacent to an activating group) is 1. The van der Waals surface area contributed by atoms with E-state index in [0.717, 1.165) is 19.6 Å². The molecule has 1 fully saturated rings. The third kappa shape index (κ3) is 2.22. The Morgan fingerprint density at radius 2 is 2.47 bits per heavy atom. The molecule has 96 valence electrons. The molecule has 1 aliphatic rings. The summed E-state index contributed by atoms with van der Waals surface area (Å²) < 4.78 is 7.51. The SMILES string of the molecule is CC1OCCC1(CN)N(C)Cc1cnn(C)c1. The van der Waals surface area contributed by atoms with E-state index in [0.29, 0.717) is 6.54 Å². The first-order valence-corrected chi connectivity index (χ1v) is 6.09. The van der Waals surface area contributed by atoms with Crippen LogP contribution in [-0.4, -0.2) is 46.5 Å². The molecule has 0 bridgehead atoms. The standard InChI is InChI=1S/C12H22N4O/c1-10-12(9-13,4-5-17-10)15(2)7-11-6-14-16(3)8-11/h6,8,10H,4-5,7,9,13H2,1-3H3. The van der Waals surface area contributed by atoms with Crippen LogP contribution in [0.4, 0.5) is 0 Å². The average molecular weight is 238 g/mol. The van der Waals surface area contributed by atoms with Crippen molar-refractivity contribution in [3.63, 3.8) is 0 Å². The highest BCUT2D eigenvalue weighted by Crippen LogP contribution is 2.31. The van der Waals surface area contributed by atoms with Crippen molar-refractivity contribution in [2.24, 2.45) is 12.8 Å². The van der Waals surface area contributed by atoms with Crippen molar-refractivity contribution in [1.82, 2.24) is 14.7 Å². The fourth-order valence-corrected chi connectivity index (χ4v) is 2.68. The van der Waals surface area contributed by atoms with Gasteiger partial charge in [-0.05, 0) is 20.4 Å². The molecule has 0 radical (unpaired) electrons. The predicted octanol–water partition coefficient (Wildman–Crippen LogP) is 0.358. The topological polar surface area (TPSA) is 56.3 Å². The van der Waals surface area contributed by atoms with Gasteiger partial charge in [0, 0.05) is 38.5 Å². The second-order valence-corrected chi connectivity index (χ2v) is 4.95. The number of nitrogens with zero attached hydrogens (tertiary/aromatic N) is 3. The molecule has 5 heteroatoms. The van der Waals surface area contributed by atoms with E-state index in [-0.39, 0.29) is 11.6 Å². The fourth-order valence-electron chi connectivity index (χ4n) is 2.68. The van der Waals surface area contributed by atoms with Crippen LogP contribution in [0.1, 0.15) is 18.9 Å². The smallest absolute Gasteiger partial charge is 0.0743 e. The summed E-state index contributed by atoms with van der Waals surface area (Å²) >= 11 is 0. The molecule has 1 aromatic heterocycles. The fraction of sp³-hybridized carbons (Fsp3) is 0.750. The van der Waals surface area contributed by atoms with Gasteiger partial charge in [0.25, 0.3) is 0 Å². The lowest BCUT2D eigenvalue weighted by Crippen LogP contribution is -2.56. The van der Waals surface area contributed by atoms with E-state index in [1.165, 1.54) is 5.56 Å². The Morgan fingerprint density at radius 1 is 1.71 bits per heavy atom. The molecular weight excluding hydrogens is 216 g/mol. The van der Waals surface area contributed by atoms with Gasteiger partial charge in [-0.3, -0.25) is 9.58 Å². The molecule has 1 aliphatic heterocycles. The molecule has 2 heterocycles. The van der Waals surface area contributed by atoms with Crippen LogP contribution in [0.2, 0.25) is 0 Å². The molecule has 0 amide bonds. The monoisotopic (exact) mass is 238 g/mol. The van der Waals surface area contributed by atoms with Gasteiger partial charge in [-0.1, -0.05) is 0 Å². The molecule has 1 saturated heterocycles. The van der Waals surface area contributed by atoms with E-state index < -0.39 is 0 Å². The first-order valence-electron chi connectivity index (χ1n) is 6.09. The maximum Gasteiger partial charge on any atom is 0.0743 e. The first kappa shape index (κ1) is 12.5. The molecule has 2 rings (SSSR count). The zero-order valence-corrected chi connectivity index (χ0v) is 10.9. The number of hydrogen-bond donors (Lipinski definition) is 1. The molecule has 2 N–H and O–H groups in total. The summed E-state index contributed by atoms with van der Waals surface area (Å²) in [5.74, 6) is 0. The molecule has 0 spiro atoms. The van der Waals surface area contributed by atoms with Crippen molar-refractivity contribution in [2.75, 3.05) is 20.2 Å². The third-order valence-corrected chi connectivity index (χ3v) is 3.95. The highest BCUT2D eigenvalue weighted by atomic mass is 16.5. The maximum absolute atomic E-state index is 5.98. The van der Waals surface area contributed by atoms with E-state index in [1.807, 2.05) is 24.1 Å². The van der Waals surface area contributed by atoms with Crippen LogP contribution in [0.5, 0.6) is 0 Å². The molecule has 17 heavy (non-hydrogen) atoms. The Kier molecular flexibility index (Phi) is 3.51. The average Bonchev–Trinajstić information content (AvgIpc) is 2.86. The van der Waals surface area contributed by atoms with Gasteiger partial charge in [-0.15, -0.1) is 0 Å². The largest absolute Gasteiger partial charge is 0.376 e. The minimum atomic E-state index is -0.0319. The Bertz CT molecular complexity index is 378. The summed E-state index contributed by atoms with van der Waals surface area (Å²) in [6, 6.07) is 0. The Hall–Kier alpha value is -0.910. The van der Waals surface area contributed by atoms with Gasteiger partial charge in [0.2, 0.25) is 0 Å². The van der Waals surface area contributed by atoms with Crippen LogP contribution in [0, 0.1) is 0 Å². The molecule has 0 aromatic carbocycles. The molecular formula is C12H22N4O. The second kappa shape index (κ2) is 4.76. The van der Waals surface area contributed by atoms with E-state index in [9.17, 15) is 0 Å². The number of rotatable bonds is 4. The molecule has 5 nitrogen and oxygen atoms in total. The van der Waals surface area contributed by atoms with Crippen LogP contribution in [0.15, 0.2) is 12.4 Å². The van der Waals surface area contributed by atoms with Crippen LogP contribution >= 0.6 is 0 Å².